The zero-order chi connectivity index (χ0) is 14.6. The highest BCUT2D eigenvalue weighted by molar-refractivity contribution is 5.86. The van der Waals surface area contributed by atoms with Gasteiger partial charge in [-0.15, -0.1) is 0 Å². The van der Waals surface area contributed by atoms with Crippen molar-refractivity contribution in [1.29, 1.82) is 0 Å². The highest BCUT2D eigenvalue weighted by Gasteiger charge is 2.50. The van der Waals surface area contributed by atoms with Gasteiger partial charge < -0.3 is 10.5 Å². The Morgan fingerprint density at radius 2 is 2.05 bits per heavy atom. The summed E-state index contributed by atoms with van der Waals surface area (Å²) in [5.41, 5.74) is 5.12. The Bertz CT molecular complexity index is 305. The lowest BCUT2D eigenvalue weighted by molar-refractivity contribution is -0.126. The molecule has 0 aromatic rings. The molecule has 5 nitrogen and oxygen atoms in total. The number of ether oxygens (including phenoxy) is 1. The summed E-state index contributed by atoms with van der Waals surface area (Å²) in [6.07, 6.45) is 2.16. The second-order valence-corrected chi connectivity index (χ2v) is 6.13. The van der Waals surface area contributed by atoms with Crippen molar-refractivity contribution in [3.05, 3.63) is 0 Å². The van der Waals surface area contributed by atoms with Gasteiger partial charge in [0.15, 0.2) is 0 Å². The van der Waals surface area contributed by atoms with Crippen LogP contribution in [0.1, 0.15) is 33.6 Å². The zero-order valence-corrected chi connectivity index (χ0v) is 12.9. The first-order valence-corrected chi connectivity index (χ1v) is 7.10. The molecule has 0 radical (unpaired) electrons. The molecule has 0 heterocycles. The Balaban J connectivity index is 2.81. The van der Waals surface area contributed by atoms with E-state index in [2.05, 4.69) is 31.0 Å². The Kier molecular flexibility index (Phi) is 5.77. The summed E-state index contributed by atoms with van der Waals surface area (Å²) in [5.74, 6) is 0.129. The molecule has 0 bridgehead atoms. The molecule has 2 atom stereocenters. The van der Waals surface area contributed by atoms with E-state index >= 15 is 0 Å². The Hall–Kier alpha value is -0.650. The molecule has 2 unspecified atom stereocenters. The molecule has 0 aromatic carbocycles. The van der Waals surface area contributed by atoms with Crippen molar-refractivity contribution in [1.82, 2.24) is 10.2 Å². The lowest BCUT2D eigenvalue weighted by Crippen LogP contribution is -2.65. The second kappa shape index (κ2) is 6.68. The van der Waals surface area contributed by atoms with Crippen LogP contribution in [0.15, 0.2) is 0 Å². The Labute approximate surface area is 116 Å². The number of carbonyl (C=O) groups excluding carboxylic acids is 1. The predicted molar refractivity (Wildman–Crippen MR) is 76.9 cm³/mol. The number of likely N-dealkylation sites (N-methyl/N-ethyl adjacent to an activating group) is 1. The van der Waals surface area contributed by atoms with Crippen molar-refractivity contribution in [2.24, 2.45) is 11.7 Å². The van der Waals surface area contributed by atoms with Gasteiger partial charge >= 0.3 is 0 Å². The summed E-state index contributed by atoms with van der Waals surface area (Å²) in [7, 11) is 3.71. The number of hydrogen-bond acceptors (Lipinski definition) is 4. The molecule has 3 N–H and O–H groups in total. The molecule has 0 aliphatic heterocycles. The first-order chi connectivity index (χ1) is 8.83. The first kappa shape index (κ1) is 16.4. The number of primary amides is 1. The lowest BCUT2D eigenvalue weighted by atomic mass is 9.90. The maximum absolute atomic E-state index is 12.1. The molecule has 1 aliphatic rings. The van der Waals surface area contributed by atoms with Gasteiger partial charge in [0.05, 0.1) is 6.61 Å². The first-order valence-electron chi connectivity index (χ1n) is 7.10. The van der Waals surface area contributed by atoms with Gasteiger partial charge in [0.2, 0.25) is 5.91 Å². The van der Waals surface area contributed by atoms with Gasteiger partial charge in [-0.05, 0) is 46.6 Å². The van der Waals surface area contributed by atoms with Crippen molar-refractivity contribution in [2.45, 2.75) is 51.2 Å². The average molecular weight is 271 g/mol. The smallest absolute Gasteiger partial charge is 0.239 e. The molecule has 0 saturated heterocycles. The minimum absolute atomic E-state index is 0.235. The van der Waals surface area contributed by atoms with Gasteiger partial charge in [-0.2, -0.15) is 0 Å². The average Bonchev–Trinajstić information content (AvgIpc) is 3.11. The summed E-state index contributed by atoms with van der Waals surface area (Å²) in [4.78, 5) is 14.2. The van der Waals surface area contributed by atoms with Gasteiger partial charge in [-0.3, -0.25) is 15.0 Å². The van der Waals surface area contributed by atoms with Crippen LogP contribution in [0, 0.1) is 5.92 Å². The predicted octanol–water partition coefficient (Wildman–Crippen LogP) is 0.585. The number of nitrogens with one attached hydrogen (secondary N) is 1. The van der Waals surface area contributed by atoms with Crippen LogP contribution in [-0.2, 0) is 9.53 Å². The van der Waals surface area contributed by atoms with Crippen molar-refractivity contribution < 1.29 is 9.53 Å². The molecule has 1 saturated carbocycles. The number of nitrogens with zero attached hydrogens (tertiary/aromatic N) is 1. The van der Waals surface area contributed by atoms with Gasteiger partial charge in [-0.1, -0.05) is 0 Å². The third-order valence-corrected chi connectivity index (χ3v) is 3.92. The van der Waals surface area contributed by atoms with E-state index in [1.807, 2.05) is 7.05 Å². The third kappa shape index (κ3) is 4.16. The normalized spacial score (nSPS) is 20.6. The van der Waals surface area contributed by atoms with Crippen LogP contribution in [0.3, 0.4) is 0 Å². The van der Waals surface area contributed by atoms with E-state index in [1.54, 1.807) is 7.11 Å². The van der Waals surface area contributed by atoms with E-state index < -0.39 is 5.54 Å². The van der Waals surface area contributed by atoms with Crippen LogP contribution in [0.4, 0.5) is 0 Å². The fourth-order valence-electron chi connectivity index (χ4n) is 2.65. The van der Waals surface area contributed by atoms with Crippen molar-refractivity contribution >= 4 is 5.91 Å². The second-order valence-electron chi connectivity index (χ2n) is 6.13. The van der Waals surface area contributed by atoms with E-state index in [1.165, 1.54) is 0 Å². The number of carbonyl (C=O) groups is 1. The van der Waals surface area contributed by atoms with Gasteiger partial charge in [0, 0.05) is 25.7 Å². The van der Waals surface area contributed by atoms with Crippen LogP contribution in [-0.4, -0.2) is 55.7 Å². The zero-order valence-electron chi connectivity index (χ0n) is 12.9. The Morgan fingerprint density at radius 1 is 1.47 bits per heavy atom. The molecule has 1 rings (SSSR count). The molecule has 1 aliphatic carbocycles. The van der Waals surface area contributed by atoms with Crippen LogP contribution in [0.2, 0.25) is 0 Å². The lowest BCUT2D eigenvalue weighted by Gasteiger charge is -2.39. The number of rotatable bonds is 9. The maximum Gasteiger partial charge on any atom is 0.239 e. The highest BCUT2D eigenvalue weighted by atomic mass is 16.5. The van der Waals surface area contributed by atoms with Gasteiger partial charge in [0.1, 0.15) is 5.54 Å². The molecular weight excluding hydrogens is 242 g/mol. The number of hydrogen-bond donors (Lipinski definition) is 2. The van der Waals surface area contributed by atoms with Crippen LogP contribution in [0.25, 0.3) is 0 Å². The molecule has 1 fully saturated rings. The van der Waals surface area contributed by atoms with Crippen LogP contribution >= 0.6 is 0 Å². The van der Waals surface area contributed by atoms with E-state index in [0.717, 1.165) is 12.8 Å². The van der Waals surface area contributed by atoms with Crippen LogP contribution in [0.5, 0.6) is 0 Å². The largest absolute Gasteiger partial charge is 0.383 e. The summed E-state index contributed by atoms with van der Waals surface area (Å²) < 4.78 is 5.18. The Morgan fingerprint density at radius 3 is 2.42 bits per heavy atom. The molecule has 0 spiro atoms. The summed E-state index contributed by atoms with van der Waals surface area (Å²) in [6.45, 7) is 7.49. The van der Waals surface area contributed by atoms with Gasteiger partial charge in [0.25, 0.3) is 0 Å². The molecule has 19 heavy (non-hydrogen) atoms. The van der Waals surface area contributed by atoms with Crippen molar-refractivity contribution in [3.63, 3.8) is 0 Å². The topological polar surface area (TPSA) is 67.6 Å². The van der Waals surface area contributed by atoms with Crippen molar-refractivity contribution in [3.8, 4) is 0 Å². The summed E-state index contributed by atoms with van der Waals surface area (Å²) >= 11 is 0. The molecular formula is C14H29N3O2. The van der Waals surface area contributed by atoms with Crippen LogP contribution < -0.4 is 11.1 Å². The fraction of sp³-hybridized carbons (Fsp3) is 0.929. The minimum atomic E-state index is -0.606. The quantitative estimate of drug-likeness (QED) is 0.644. The molecule has 112 valence electrons. The van der Waals surface area contributed by atoms with E-state index in [-0.39, 0.29) is 18.0 Å². The number of amides is 1. The summed E-state index contributed by atoms with van der Waals surface area (Å²) in [5, 5.41) is 3.43. The van der Waals surface area contributed by atoms with E-state index in [9.17, 15) is 4.79 Å². The minimum Gasteiger partial charge on any atom is -0.383 e. The molecule has 1 amide bonds. The van der Waals surface area contributed by atoms with E-state index in [0.29, 0.717) is 19.1 Å². The van der Waals surface area contributed by atoms with Gasteiger partial charge in [-0.25, -0.2) is 0 Å². The third-order valence-electron chi connectivity index (χ3n) is 3.92. The summed E-state index contributed by atoms with van der Waals surface area (Å²) in [6, 6.07) is 0.496. The fourth-order valence-corrected chi connectivity index (χ4v) is 2.65. The SMILES string of the molecule is COCC(C)N(C)CC(NC(C)C)(C(N)=O)C1CC1. The number of nitrogens with two attached hydrogens (primary N) is 1. The monoisotopic (exact) mass is 271 g/mol. The highest BCUT2D eigenvalue weighted by Crippen LogP contribution is 2.40. The molecule has 5 heteroatoms. The van der Waals surface area contributed by atoms with E-state index in [4.69, 9.17) is 10.5 Å². The molecule has 0 aromatic heterocycles. The van der Waals surface area contributed by atoms with Crippen molar-refractivity contribution in [2.75, 3.05) is 27.3 Å². The maximum atomic E-state index is 12.1. The number of methoxy groups -OCH3 is 1. The standard InChI is InChI=1S/C14H29N3O2/c1-10(2)16-14(13(15)18,12-6-7-12)9-17(4)11(3)8-19-5/h10-12,16H,6-9H2,1-5H3,(H2,15,18).